The lowest BCUT2D eigenvalue weighted by Gasteiger charge is -2.35. The number of amides is 4. The van der Waals surface area contributed by atoms with Crippen LogP contribution in [0.25, 0.3) is 0 Å². The number of benzene rings is 1. The quantitative estimate of drug-likeness (QED) is 0.231. The Balaban J connectivity index is 1.41. The highest BCUT2D eigenvalue weighted by Crippen LogP contribution is 2.41. The fourth-order valence-electron chi connectivity index (χ4n) is 6.40. The molecule has 17 heteroatoms. The summed E-state index contributed by atoms with van der Waals surface area (Å²) in [6, 6.07) is -1.90. The summed E-state index contributed by atoms with van der Waals surface area (Å²) in [6.45, 7) is 7.16. The van der Waals surface area contributed by atoms with Crippen molar-refractivity contribution in [3.63, 3.8) is 0 Å². The molecule has 3 heterocycles. The molecule has 4 amide bonds. The van der Waals surface area contributed by atoms with Crippen LogP contribution in [0, 0.1) is 11.2 Å². The van der Waals surface area contributed by atoms with Gasteiger partial charge in [0.15, 0.2) is 5.60 Å². The minimum Gasteiger partial charge on any atom is -0.444 e. The van der Waals surface area contributed by atoms with Crippen LogP contribution >= 0.6 is 0 Å². The molecule has 1 aliphatic carbocycles. The number of nitrogens with zero attached hydrogens (tertiary/aromatic N) is 2. The molecule has 280 valence electrons. The predicted octanol–water partition coefficient (Wildman–Crippen LogP) is 3.37. The minimum absolute atomic E-state index is 0.0305. The summed E-state index contributed by atoms with van der Waals surface area (Å²) < 4.78 is 65.5. The second-order valence-electron chi connectivity index (χ2n) is 14.7. The predicted molar refractivity (Wildman–Crippen MR) is 172 cm³/mol. The zero-order chi connectivity index (χ0) is 37.3. The van der Waals surface area contributed by atoms with Gasteiger partial charge in [-0.15, -0.1) is 0 Å². The van der Waals surface area contributed by atoms with Crippen molar-refractivity contribution in [3.8, 4) is 0 Å². The number of hydrogen-bond donors (Lipinski definition) is 3. The van der Waals surface area contributed by atoms with Crippen molar-refractivity contribution in [2.75, 3.05) is 19.8 Å². The maximum Gasteiger partial charge on any atom is 0.416 e. The molecule has 0 unspecified atom stereocenters. The highest BCUT2D eigenvalue weighted by molar-refractivity contribution is 6.38. The number of oxime groups is 1. The summed E-state index contributed by atoms with van der Waals surface area (Å²) in [5.41, 5.74) is -3.80. The summed E-state index contributed by atoms with van der Waals surface area (Å²) >= 11 is 0. The molecule has 1 saturated carbocycles. The average molecular weight is 726 g/mol. The molecule has 0 aromatic heterocycles. The molecule has 51 heavy (non-hydrogen) atoms. The first-order valence-corrected chi connectivity index (χ1v) is 17.0. The minimum atomic E-state index is -4.84. The first-order valence-electron chi connectivity index (χ1n) is 17.0. The van der Waals surface area contributed by atoms with E-state index in [2.05, 4.69) is 21.1 Å². The molecule has 2 saturated heterocycles. The fourth-order valence-corrected chi connectivity index (χ4v) is 6.40. The van der Waals surface area contributed by atoms with E-state index in [0.717, 1.165) is 25.0 Å². The number of halogens is 4. The van der Waals surface area contributed by atoms with Crippen LogP contribution in [0.4, 0.5) is 22.4 Å². The first-order chi connectivity index (χ1) is 23.9. The summed E-state index contributed by atoms with van der Waals surface area (Å²) in [7, 11) is 0. The molecule has 3 fully saturated rings. The Labute approximate surface area is 292 Å². The van der Waals surface area contributed by atoms with Gasteiger partial charge in [0.25, 0.3) is 5.91 Å². The van der Waals surface area contributed by atoms with Gasteiger partial charge in [-0.3, -0.25) is 19.2 Å². The third-order valence-electron chi connectivity index (χ3n) is 9.27. The molecule has 5 atom stereocenters. The average Bonchev–Trinajstić information content (AvgIpc) is 3.39. The maximum atomic E-state index is 14.4. The lowest BCUT2D eigenvalue weighted by atomic mass is 9.85. The van der Waals surface area contributed by atoms with Crippen molar-refractivity contribution in [2.45, 2.75) is 115 Å². The van der Waals surface area contributed by atoms with E-state index >= 15 is 0 Å². The van der Waals surface area contributed by atoms with Crippen LogP contribution in [0.3, 0.4) is 0 Å². The highest BCUT2D eigenvalue weighted by Gasteiger charge is 2.56. The number of alkyl halides is 3. The SMILES string of the molecule is CCC[C@H](NC(=O)[C@@H]1C[C@@]2(CC(c3cc(F)cc(C(F)(F)F)c3)=NO2)CN1C(=O)[C@@H](NC(=O)O[C@H]1CCOC1)C(C)(C)C)C(=O)C(=O)NC1CC1. The van der Waals surface area contributed by atoms with Crippen molar-refractivity contribution < 1.29 is 55.8 Å². The number of nitrogens with one attached hydrogen (secondary N) is 3. The molecule has 13 nitrogen and oxygen atoms in total. The Morgan fingerprint density at radius 1 is 1.08 bits per heavy atom. The number of alkyl carbamates (subject to hydrolysis) is 1. The third-order valence-corrected chi connectivity index (χ3v) is 9.27. The summed E-state index contributed by atoms with van der Waals surface area (Å²) in [6.07, 6.45) is -4.12. The molecule has 1 aromatic rings. The Bertz CT molecular complexity index is 1570. The van der Waals surface area contributed by atoms with Gasteiger partial charge in [0, 0.05) is 30.9 Å². The van der Waals surface area contributed by atoms with E-state index in [4.69, 9.17) is 14.3 Å². The number of ketones is 1. The Morgan fingerprint density at radius 2 is 1.80 bits per heavy atom. The molecule has 1 spiro atoms. The molecule has 1 aromatic carbocycles. The van der Waals surface area contributed by atoms with Crippen molar-refractivity contribution in [2.24, 2.45) is 10.6 Å². The zero-order valence-corrected chi connectivity index (χ0v) is 28.9. The fraction of sp³-hybridized carbons (Fsp3) is 0.647. The Morgan fingerprint density at radius 3 is 2.41 bits per heavy atom. The topological polar surface area (TPSA) is 165 Å². The van der Waals surface area contributed by atoms with Gasteiger partial charge in [-0.2, -0.15) is 13.2 Å². The van der Waals surface area contributed by atoms with Gasteiger partial charge >= 0.3 is 12.3 Å². The first kappa shape index (κ1) is 38.0. The van der Waals surface area contributed by atoms with Gasteiger partial charge in [-0.25, -0.2) is 9.18 Å². The van der Waals surface area contributed by atoms with Gasteiger partial charge in [0.1, 0.15) is 24.0 Å². The summed E-state index contributed by atoms with van der Waals surface area (Å²) in [4.78, 5) is 74.1. The molecule has 5 rings (SSSR count). The Hall–Kier alpha value is -4.28. The lowest BCUT2D eigenvalue weighted by molar-refractivity contribution is -0.144. The molecule has 0 radical (unpaired) electrons. The van der Waals surface area contributed by atoms with Crippen LogP contribution < -0.4 is 16.0 Å². The Kier molecular flexibility index (Phi) is 11.0. The third kappa shape index (κ3) is 9.15. The van der Waals surface area contributed by atoms with Gasteiger partial charge in [0.2, 0.25) is 17.6 Å². The monoisotopic (exact) mass is 725 g/mol. The van der Waals surface area contributed by atoms with Crippen LogP contribution in [0.15, 0.2) is 23.4 Å². The molecule has 0 bridgehead atoms. The standard InChI is InChI=1S/C34H43F4N5O8/c1-5-6-23(26(44)29(46)39-21-7-8-21)40-28(45)25-15-33(14-24(42-51-33)18-11-19(34(36,37)38)13-20(35)12-18)17-43(25)30(47)27(32(2,3)4)41-31(48)50-22-9-10-49-16-22/h11-13,21-23,25,27H,5-10,14-17H2,1-4H3,(H,39,46)(H,40,45)(H,41,48)/t22-,23-,25-,27+,33-/m0/s1. The van der Waals surface area contributed by atoms with Crippen molar-refractivity contribution in [1.82, 2.24) is 20.9 Å². The van der Waals surface area contributed by atoms with Gasteiger partial charge in [-0.05, 0) is 42.9 Å². The number of carbonyl (C=O) groups is 5. The van der Waals surface area contributed by atoms with Crippen LogP contribution in [0.2, 0.25) is 0 Å². The summed E-state index contributed by atoms with van der Waals surface area (Å²) in [5.74, 6) is -4.31. The van der Waals surface area contributed by atoms with Gasteiger partial charge < -0.3 is 35.2 Å². The van der Waals surface area contributed by atoms with E-state index in [-0.39, 0.29) is 49.7 Å². The van der Waals surface area contributed by atoms with E-state index in [9.17, 15) is 41.5 Å². The molecule has 3 aliphatic heterocycles. The largest absolute Gasteiger partial charge is 0.444 e. The van der Waals surface area contributed by atoms with Crippen LogP contribution in [0.1, 0.15) is 83.8 Å². The number of rotatable bonds is 11. The van der Waals surface area contributed by atoms with E-state index < -0.39 is 82.4 Å². The number of likely N-dealkylation sites (tertiary alicyclic amines) is 1. The number of hydrogen-bond acceptors (Lipinski definition) is 9. The van der Waals surface area contributed by atoms with Gasteiger partial charge in [-0.1, -0.05) is 39.3 Å². The van der Waals surface area contributed by atoms with Gasteiger partial charge in [0.05, 0.1) is 37.1 Å². The molecule has 3 N–H and O–H groups in total. The van der Waals surface area contributed by atoms with Crippen molar-refractivity contribution in [1.29, 1.82) is 0 Å². The zero-order valence-electron chi connectivity index (χ0n) is 28.9. The van der Waals surface area contributed by atoms with Crippen LogP contribution in [-0.2, 0) is 39.7 Å². The lowest BCUT2D eigenvalue weighted by Crippen LogP contribution is -2.59. The molecule has 4 aliphatic rings. The van der Waals surface area contributed by atoms with E-state index in [1.807, 2.05) is 0 Å². The number of ether oxygens (including phenoxy) is 2. The normalized spacial score (nSPS) is 24.4. The smallest absolute Gasteiger partial charge is 0.416 e. The molecular weight excluding hydrogens is 682 g/mol. The second kappa shape index (κ2) is 14.8. The van der Waals surface area contributed by atoms with Crippen molar-refractivity contribution in [3.05, 3.63) is 35.1 Å². The molecular formula is C34H43F4N5O8. The number of Topliss-reactive ketones (excluding diaryl/α,β-unsaturated/α-hetero) is 1. The second-order valence-corrected chi connectivity index (χ2v) is 14.7. The highest BCUT2D eigenvalue weighted by atomic mass is 19.4. The van der Waals surface area contributed by atoms with Crippen molar-refractivity contribution >= 4 is 35.3 Å². The summed E-state index contributed by atoms with van der Waals surface area (Å²) in [5, 5.41) is 11.8. The maximum absolute atomic E-state index is 14.4. The number of carbonyl (C=O) groups excluding carboxylic acids is 5. The van der Waals surface area contributed by atoms with E-state index in [1.54, 1.807) is 27.7 Å². The van der Waals surface area contributed by atoms with Crippen LogP contribution in [-0.4, -0.2) is 95.8 Å². The van der Waals surface area contributed by atoms with Crippen LogP contribution in [0.5, 0.6) is 0 Å². The van der Waals surface area contributed by atoms with E-state index in [0.29, 0.717) is 25.5 Å². The van der Waals surface area contributed by atoms with E-state index in [1.165, 1.54) is 4.90 Å².